The Balaban J connectivity index is 1.64. The number of ether oxygens (including phenoxy) is 1. The molecule has 3 heteroatoms. The van der Waals surface area contributed by atoms with Crippen molar-refractivity contribution >= 4 is 17.3 Å². The maximum Gasteiger partial charge on any atom is 0.123 e. The zero-order valence-corrected chi connectivity index (χ0v) is 12.3. The molecule has 1 aliphatic heterocycles. The Labute approximate surface area is 124 Å². The third-order valence-electron chi connectivity index (χ3n) is 3.64. The molecule has 2 aromatic rings. The summed E-state index contributed by atoms with van der Waals surface area (Å²) in [6, 6.07) is 14.5. The van der Waals surface area contributed by atoms with Gasteiger partial charge in [0, 0.05) is 18.0 Å². The van der Waals surface area contributed by atoms with Gasteiger partial charge in [-0.2, -0.15) is 0 Å². The standard InChI is InChI=1S/C17H18ClNO/c1-12-6-7-17-14(8-12)9-15(20-17)11-19-16-5-3-2-4-13(16)10-18/h2-8,15,19H,9-11H2,1H3. The summed E-state index contributed by atoms with van der Waals surface area (Å²) in [5, 5.41) is 3.45. The third kappa shape index (κ3) is 2.75. The molecule has 2 aromatic carbocycles. The molecule has 0 radical (unpaired) electrons. The monoisotopic (exact) mass is 287 g/mol. The first-order valence-electron chi connectivity index (χ1n) is 6.90. The molecular weight excluding hydrogens is 270 g/mol. The molecule has 0 aromatic heterocycles. The van der Waals surface area contributed by atoms with Gasteiger partial charge in [-0.05, 0) is 30.2 Å². The molecule has 0 spiro atoms. The van der Waals surface area contributed by atoms with Gasteiger partial charge in [0.25, 0.3) is 0 Å². The number of hydrogen-bond donors (Lipinski definition) is 1. The van der Waals surface area contributed by atoms with Gasteiger partial charge in [-0.15, -0.1) is 11.6 Å². The highest BCUT2D eigenvalue weighted by Crippen LogP contribution is 2.29. The van der Waals surface area contributed by atoms with Crippen molar-refractivity contribution in [3.8, 4) is 5.75 Å². The minimum atomic E-state index is 0.190. The van der Waals surface area contributed by atoms with Crippen LogP contribution < -0.4 is 10.1 Å². The van der Waals surface area contributed by atoms with E-state index in [1.807, 2.05) is 18.2 Å². The fourth-order valence-electron chi connectivity index (χ4n) is 2.60. The van der Waals surface area contributed by atoms with Crippen molar-refractivity contribution < 1.29 is 4.74 Å². The van der Waals surface area contributed by atoms with Crippen molar-refractivity contribution in [2.24, 2.45) is 0 Å². The average molecular weight is 288 g/mol. The van der Waals surface area contributed by atoms with Gasteiger partial charge in [-0.3, -0.25) is 0 Å². The Kier molecular flexibility index (Phi) is 3.83. The Morgan fingerprint density at radius 2 is 2.10 bits per heavy atom. The summed E-state index contributed by atoms with van der Waals surface area (Å²) in [6.07, 6.45) is 1.16. The highest BCUT2D eigenvalue weighted by Gasteiger charge is 2.22. The zero-order chi connectivity index (χ0) is 13.9. The molecule has 1 N–H and O–H groups in total. The molecule has 1 unspecified atom stereocenters. The van der Waals surface area contributed by atoms with Crippen molar-refractivity contribution in [3.05, 3.63) is 59.2 Å². The van der Waals surface area contributed by atoms with Crippen LogP contribution in [0.2, 0.25) is 0 Å². The van der Waals surface area contributed by atoms with Crippen LogP contribution >= 0.6 is 11.6 Å². The summed E-state index contributed by atoms with van der Waals surface area (Å²) in [5.74, 6) is 1.54. The molecule has 1 atom stereocenters. The van der Waals surface area contributed by atoms with Gasteiger partial charge < -0.3 is 10.1 Å². The number of rotatable bonds is 4. The minimum Gasteiger partial charge on any atom is -0.488 e. The maximum atomic E-state index is 5.96. The second-order valence-corrected chi connectivity index (χ2v) is 5.49. The zero-order valence-electron chi connectivity index (χ0n) is 11.5. The van der Waals surface area contributed by atoms with Crippen molar-refractivity contribution in [2.45, 2.75) is 25.3 Å². The van der Waals surface area contributed by atoms with E-state index in [2.05, 4.69) is 36.5 Å². The van der Waals surface area contributed by atoms with E-state index in [0.29, 0.717) is 5.88 Å². The Bertz CT molecular complexity index is 612. The Morgan fingerprint density at radius 3 is 2.95 bits per heavy atom. The number of anilines is 1. The molecular formula is C17H18ClNO. The van der Waals surface area contributed by atoms with Gasteiger partial charge in [0.2, 0.25) is 0 Å². The predicted molar refractivity (Wildman–Crippen MR) is 83.8 cm³/mol. The summed E-state index contributed by atoms with van der Waals surface area (Å²) in [4.78, 5) is 0. The van der Waals surface area contributed by atoms with E-state index in [1.165, 1.54) is 11.1 Å². The lowest BCUT2D eigenvalue weighted by molar-refractivity contribution is 0.246. The van der Waals surface area contributed by atoms with Crippen LogP contribution in [0.15, 0.2) is 42.5 Å². The SMILES string of the molecule is Cc1ccc2c(c1)CC(CNc1ccccc1CCl)O2. The van der Waals surface area contributed by atoms with E-state index in [4.69, 9.17) is 16.3 Å². The number of benzene rings is 2. The number of hydrogen-bond acceptors (Lipinski definition) is 2. The smallest absolute Gasteiger partial charge is 0.123 e. The molecule has 3 rings (SSSR count). The van der Waals surface area contributed by atoms with E-state index < -0.39 is 0 Å². The summed E-state index contributed by atoms with van der Waals surface area (Å²) >= 11 is 5.95. The fraction of sp³-hybridized carbons (Fsp3) is 0.294. The molecule has 0 amide bonds. The highest BCUT2D eigenvalue weighted by molar-refractivity contribution is 6.17. The molecule has 0 aliphatic carbocycles. The maximum absolute atomic E-state index is 5.96. The van der Waals surface area contributed by atoms with Gasteiger partial charge in [0.05, 0.1) is 6.54 Å². The summed E-state index contributed by atoms with van der Waals surface area (Å²) in [5.41, 5.74) is 4.81. The van der Waals surface area contributed by atoms with Crippen LogP contribution in [0.25, 0.3) is 0 Å². The second kappa shape index (κ2) is 5.76. The van der Waals surface area contributed by atoms with Gasteiger partial charge in [-0.25, -0.2) is 0 Å². The number of alkyl halides is 1. The van der Waals surface area contributed by atoms with E-state index in [9.17, 15) is 0 Å². The number of aryl methyl sites for hydroxylation is 1. The molecule has 1 aliphatic rings. The quantitative estimate of drug-likeness (QED) is 0.853. The highest BCUT2D eigenvalue weighted by atomic mass is 35.5. The lowest BCUT2D eigenvalue weighted by Crippen LogP contribution is -2.24. The van der Waals surface area contributed by atoms with Crippen molar-refractivity contribution in [2.75, 3.05) is 11.9 Å². The number of para-hydroxylation sites is 1. The van der Waals surface area contributed by atoms with Crippen LogP contribution in [-0.4, -0.2) is 12.6 Å². The molecule has 0 bridgehead atoms. The number of halogens is 1. The average Bonchev–Trinajstić information content (AvgIpc) is 2.87. The number of fused-ring (bicyclic) bond motifs is 1. The van der Waals surface area contributed by atoms with Gasteiger partial charge in [0.15, 0.2) is 0 Å². The summed E-state index contributed by atoms with van der Waals surface area (Å²) in [6.45, 7) is 2.91. The van der Waals surface area contributed by atoms with E-state index in [-0.39, 0.29) is 6.10 Å². The molecule has 104 valence electrons. The summed E-state index contributed by atoms with van der Waals surface area (Å²) in [7, 11) is 0. The Morgan fingerprint density at radius 1 is 1.25 bits per heavy atom. The van der Waals surface area contributed by atoms with Crippen LogP contribution in [0, 0.1) is 6.92 Å². The van der Waals surface area contributed by atoms with Crippen LogP contribution in [0.4, 0.5) is 5.69 Å². The lowest BCUT2D eigenvalue weighted by Gasteiger charge is -2.14. The normalized spacial score (nSPS) is 16.6. The predicted octanol–water partition coefficient (Wildman–Crippen LogP) is 4.15. The van der Waals surface area contributed by atoms with Crippen molar-refractivity contribution in [1.29, 1.82) is 0 Å². The van der Waals surface area contributed by atoms with E-state index in [1.54, 1.807) is 0 Å². The Hall–Kier alpha value is -1.67. The van der Waals surface area contributed by atoms with E-state index >= 15 is 0 Å². The summed E-state index contributed by atoms with van der Waals surface area (Å²) < 4.78 is 5.96. The van der Waals surface area contributed by atoms with Crippen LogP contribution in [0.1, 0.15) is 16.7 Å². The first kappa shape index (κ1) is 13.3. The van der Waals surface area contributed by atoms with Gasteiger partial charge in [-0.1, -0.05) is 35.9 Å². The van der Waals surface area contributed by atoms with Crippen LogP contribution in [0.3, 0.4) is 0 Å². The third-order valence-corrected chi connectivity index (χ3v) is 3.93. The molecule has 0 saturated heterocycles. The lowest BCUT2D eigenvalue weighted by atomic mass is 10.1. The number of nitrogens with one attached hydrogen (secondary N) is 1. The first-order chi connectivity index (χ1) is 9.76. The van der Waals surface area contributed by atoms with Crippen LogP contribution in [0.5, 0.6) is 5.75 Å². The molecule has 0 fully saturated rings. The van der Waals surface area contributed by atoms with Crippen molar-refractivity contribution in [3.63, 3.8) is 0 Å². The topological polar surface area (TPSA) is 21.3 Å². The molecule has 2 nitrogen and oxygen atoms in total. The van der Waals surface area contributed by atoms with Gasteiger partial charge >= 0.3 is 0 Å². The van der Waals surface area contributed by atoms with Gasteiger partial charge in [0.1, 0.15) is 11.9 Å². The molecule has 20 heavy (non-hydrogen) atoms. The first-order valence-corrected chi connectivity index (χ1v) is 7.43. The fourth-order valence-corrected chi connectivity index (χ4v) is 2.83. The van der Waals surface area contributed by atoms with Crippen molar-refractivity contribution in [1.82, 2.24) is 0 Å². The van der Waals surface area contributed by atoms with Crippen LogP contribution in [-0.2, 0) is 12.3 Å². The molecule has 1 heterocycles. The second-order valence-electron chi connectivity index (χ2n) is 5.23. The van der Waals surface area contributed by atoms with E-state index in [0.717, 1.165) is 30.0 Å². The largest absolute Gasteiger partial charge is 0.488 e. The molecule has 0 saturated carbocycles. The minimum absolute atomic E-state index is 0.190.